The van der Waals surface area contributed by atoms with E-state index < -0.39 is 23.2 Å². The molecule has 5 nitrogen and oxygen atoms in total. The Balaban J connectivity index is 1.93. The van der Waals surface area contributed by atoms with E-state index in [-0.39, 0.29) is 29.7 Å². The molecule has 0 saturated heterocycles. The number of aromatic nitrogens is 2. The SMILES string of the molecule is Cc1ccc2c(c1)c(=O)cc(C(F)(F)F)n2CCNC(=O)c1ccccn1. The molecule has 0 radical (unpaired) electrons. The van der Waals surface area contributed by atoms with Crippen molar-refractivity contribution < 1.29 is 18.0 Å². The van der Waals surface area contributed by atoms with Gasteiger partial charge >= 0.3 is 6.18 Å². The van der Waals surface area contributed by atoms with Crippen LogP contribution in [0.4, 0.5) is 13.2 Å². The second-order valence-electron chi connectivity index (χ2n) is 6.03. The van der Waals surface area contributed by atoms with Gasteiger partial charge in [-0.15, -0.1) is 0 Å². The summed E-state index contributed by atoms with van der Waals surface area (Å²) in [6.07, 6.45) is -3.24. The van der Waals surface area contributed by atoms with E-state index >= 15 is 0 Å². The number of alkyl halides is 3. The van der Waals surface area contributed by atoms with Crippen LogP contribution in [0.2, 0.25) is 0 Å². The molecule has 0 aliphatic rings. The van der Waals surface area contributed by atoms with Crippen LogP contribution in [0.1, 0.15) is 21.7 Å². The van der Waals surface area contributed by atoms with E-state index in [1.54, 1.807) is 31.2 Å². The first kappa shape index (κ1) is 18.6. The highest BCUT2D eigenvalue weighted by atomic mass is 19.4. The van der Waals surface area contributed by atoms with Gasteiger partial charge in [0.25, 0.3) is 5.91 Å². The lowest BCUT2D eigenvalue weighted by Gasteiger charge is -2.19. The summed E-state index contributed by atoms with van der Waals surface area (Å²) in [5.41, 5.74) is -0.610. The van der Waals surface area contributed by atoms with Gasteiger partial charge in [-0.05, 0) is 31.2 Å². The predicted octanol–water partition coefficient (Wildman–Crippen LogP) is 3.15. The van der Waals surface area contributed by atoms with Crippen LogP contribution >= 0.6 is 0 Å². The molecule has 8 heteroatoms. The van der Waals surface area contributed by atoms with Crippen molar-refractivity contribution in [3.05, 3.63) is 75.8 Å². The third kappa shape index (κ3) is 3.99. The van der Waals surface area contributed by atoms with E-state index in [2.05, 4.69) is 10.3 Å². The van der Waals surface area contributed by atoms with Gasteiger partial charge in [0.2, 0.25) is 0 Å². The fourth-order valence-corrected chi connectivity index (χ4v) is 2.84. The number of aryl methyl sites for hydroxylation is 1. The summed E-state index contributed by atoms with van der Waals surface area (Å²) < 4.78 is 41.3. The van der Waals surface area contributed by atoms with Crippen LogP contribution in [0.15, 0.2) is 53.5 Å². The molecule has 0 aliphatic heterocycles. The fraction of sp³-hybridized carbons (Fsp3) is 0.211. The average molecular weight is 375 g/mol. The third-order valence-electron chi connectivity index (χ3n) is 4.08. The molecule has 0 aliphatic carbocycles. The number of nitrogens with zero attached hydrogens (tertiary/aromatic N) is 2. The number of nitrogens with one attached hydrogen (secondary N) is 1. The number of pyridine rings is 2. The molecule has 0 bridgehead atoms. The Kier molecular flexibility index (Phi) is 4.98. The summed E-state index contributed by atoms with van der Waals surface area (Å²) in [5.74, 6) is -0.481. The quantitative estimate of drug-likeness (QED) is 0.762. The Morgan fingerprint density at radius 2 is 1.96 bits per heavy atom. The smallest absolute Gasteiger partial charge is 0.349 e. The van der Waals surface area contributed by atoms with Crippen molar-refractivity contribution in [2.45, 2.75) is 19.6 Å². The average Bonchev–Trinajstić information content (AvgIpc) is 2.63. The summed E-state index contributed by atoms with van der Waals surface area (Å²) >= 11 is 0. The maximum atomic E-state index is 13.4. The number of amides is 1. The van der Waals surface area contributed by atoms with Crippen LogP contribution in [-0.4, -0.2) is 22.0 Å². The van der Waals surface area contributed by atoms with Crippen molar-refractivity contribution in [1.82, 2.24) is 14.9 Å². The summed E-state index contributed by atoms with van der Waals surface area (Å²) in [5, 5.41) is 2.76. The summed E-state index contributed by atoms with van der Waals surface area (Å²) in [6, 6.07) is 10.1. The second kappa shape index (κ2) is 7.22. The molecule has 1 aromatic carbocycles. The number of rotatable bonds is 4. The van der Waals surface area contributed by atoms with E-state index in [0.717, 1.165) is 10.1 Å². The molecule has 3 rings (SSSR count). The van der Waals surface area contributed by atoms with Crippen LogP contribution < -0.4 is 10.7 Å². The number of carbonyl (C=O) groups is 1. The number of hydrogen-bond acceptors (Lipinski definition) is 3. The number of halogens is 3. The van der Waals surface area contributed by atoms with E-state index in [9.17, 15) is 22.8 Å². The van der Waals surface area contributed by atoms with Gasteiger partial charge in [-0.25, -0.2) is 0 Å². The van der Waals surface area contributed by atoms with Gasteiger partial charge in [0, 0.05) is 30.7 Å². The second-order valence-corrected chi connectivity index (χ2v) is 6.03. The first-order valence-electron chi connectivity index (χ1n) is 8.18. The van der Waals surface area contributed by atoms with Crippen molar-refractivity contribution in [1.29, 1.82) is 0 Å². The van der Waals surface area contributed by atoms with E-state index in [0.29, 0.717) is 6.07 Å². The van der Waals surface area contributed by atoms with Gasteiger partial charge in [0.15, 0.2) is 5.43 Å². The predicted molar refractivity (Wildman–Crippen MR) is 94.5 cm³/mol. The molecule has 2 aromatic heterocycles. The van der Waals surface area contributed by atoms with Gasteiger partial charge in [0.1, 0.15) is 11.4 Å². The van der Waals surface area contributed by atoms with Crippen LogP contribution in [0.5, 0.6) is 0 Å². The van der Waals surface area contributed by atoms with E-state index in [1.807, 2.05) is 0 Å². The fourth-order valence-electron chi connectivity index (χ4n) is 2.84. The van der Waals surface area contributed by atoms with Crippen molar-refractivity contribution >= 4 is 16.8 Å². The number of fused-ring (bicyclic) bond motifs is 1. The zero-order chi connectivity index (χ0) is 19.6. The summed E-state index contributed by atoms with van der Waals surface area (Å²) in [7, 11) is 0. The molecule has 0 fully saturated rings. The molecule has 2 heterocycles. The highest BCUT2D eigenvalue weighted by molar-refractivity contribution is 5.92. The Hall–Kier alpha value is -3.16. The Labute approximate surface area is 152 Å². The zero-order valence-electron chi connectivity index (χ0n) is 14.4. The Bertz CT molecular complexity index is 1040. The van der Waals surface area contributed by atoms with Gasteiger partial charge in [-0.1, -0.05) is 17.7 Å². The van der Waals surface area contributed by atoms with E-state index in [4.69, 9.17) is 0 Å². The Morgan fingerprint density at radius 3 is 2.63 bits per heavy atom. The summed E-state index contributed by atoms with van der Waals surface area (Å²) in [4.78, 5) is 28.0. The van der Waals surface area contributed by atoms with Gasteiger partial charge < -0.3 is 9.88 Å². The minimum absolute atomic E-state index is 0.0513. The van der Waals surface area contributed by atoms with Crippen LogP contribution in [0.3, 0.4) is 0 Å². The van der Waals surface area contributed by atoms with Gasteiger partial charge in [0.05, 0.1) is 5.52 Å². The number of benzene rings is 1. The lowest BCUT2D eigenvalue weighted by atomic mass is 10.1. The molecule has 0 spiro atoms. The lowest BCUT2D eigenvalue weighted by Crippen LogP contribution is -2.30. The van der Waals surface area contributed by atoms with Crippen molar-refractivity contribution in [3.63, 3.8) is 0 Å². The molecule has 0 unspecified atom stereocenters. The monoisotopic (exact) mass is 375 g/mol. The molecule has 27 heavy (non-hydrogen) atoms. The molecule has 0 saturated carbocycles. The minimum atomic E-state index is -4.69. The number of hydrogen-bond donors (Lipinski definition) is 1. The van der Waals surface area contributed by atoms with Gasteiger partial charge in [-0.2, -0.15) is 13.2 Å². The third-order valence-corrected chi connectivity index (χ3v) is 4.08. The standard InChI is InChI=1S/C19H16F3N3O2/c1-12-5-6-15-13(10-12)16(26)11-17(19(20,21)22)25(15)9-8-24-18(27)14-4-2-3-7-23-14/h2-7,10-11H,8-9H2,1H3,(H,24,27). The summed E-state index contributed by atoms with van der Waals surface area (Å²) in [6.45, 7) is 1.56. The minimum Gasteiger partial charge on any atom is -0.349 e. The number of carbonyl (C=O) groups excluding carboxylic acids is 1. The molecule has 1 N–H and O–H groups in total. The zero-order valence-corrected chi connectivity index (χ0v) is 14.4. The lowest BCUT2D eigenvalue weighted by molar-refractivity contribution is -0.143. The van der Waals surface area contributed by atoms with Crippen LogP contribution in [-0.2, 0) is 12.7 Å². The first-order chi connectivity index (χ1) is 12.8. The largest absolute Gasteiger partial charge is 0.431 e. The molecule has 140 valence electrons. The normalized spacial score (nSPS) is 11.6. The maximum absolute atomic E-state index is 13.4. The van der Waals surface area contributed by atoms with Crippen molar-refractivity contribution in [3.8, 4) is 0 Å². The van der Waals surface area contributed by atoms with E-state index in [1.165, 1.54) is 18.3 Å². The molecule has 1 amide bonds. The highest BCUT2D eigenvalue weighted by Crippen LogP contribution is 2.30. The van der Waals surface area contributed by atoms with Crippen molar-refractivity contribution in [2.75, 3.05) is 6.54 Å². The van der Waals surface area contributed by atoms with Crippen LogP contribution in [0, 0.1) is 6.92 Å². The van der Waals surface area contributed by atoms with Crippen LogP contribution in [0.25, 0.3) is 10.9 Å². The molecular formula is C19H16F3N3O2. The Morgan fingerprint density at radius 1 is 1.19 bits per heavy atom. The first-order valence-corrected chi connectivity index (χ1v) is 8.18. The highest BCUT2D eigenvalue weighted by Gasteiger charge is 2.35. The topological polar surface area (TPSA) is 64.0 Å². The van der Waals surface area contributed by atoms with Crippen molar-refractivity contribution in [2.24, 2.45) is 0 Å². The molecule has 0 atom stereocenters. The molecule has 3 aromatic rings. The molecular weight excluding hydrogens is 359 g/mol. The van der Waals surface area contributed by atoms with Gasteiger partial charge in [-0.3, -0.25) is 14.6 Å². The maximum Gasteiger partial charge on any atom is 0.431 e.